The summed E-state index contributed by atoms with van der Waals surface area (Å²) in [6, 6.07) is 10.5. The van der Waals surface area contributed by atoms with Crippen molar-refractivity contribution in [2.45, 2.75) is 13.8 Å². The average Bonchev–Trinajstić information content (AvgIpc) is 3.02. The van der Waals surface area contributed by atoms with Gasteiger partial charge in [-0.1, -0.05) is 22.0 Å². The Bertz CT molecular complexity index is 1160. The van der Waals surface area contributed by atoms with Crippen LogP contribution in [0.3, 0.4) is 0 Å². The van der Waals surface area contributed by atoms with Gasteiger partial charge in [-0.05, 0) is 73.1 Å². The van der Waals surface area contributed by atoms with E-state index in [-0.39, 0.29) is 11.5 Å². The number of nitrogens with one attached hydrogen (secondary N) is 1. The van der Waals surface area contributed by atoms with Crippen LogP contribution in [0.25, 0.3) is 6.08 Å². The number of methoxy groups -OCH3 is 1. The maximum absolute atomic E-state index is 12.8. The molecule has 0 aromatic heterocycles. The summed E-state index contributed by atoms with van der Waals surface area (Å²) in [5, 5.41) is 2.16. The number of aryl methyl sites for hydroxylation is 2. The average molecular weight is 533 g/mol. The highest BCUT2D eigenvalue weighted by Crippen LogP contribution is 2.35. The van der Waals surface area contributed by atoms with Crippen molar-refractivity contribution in [3.05, 3.63) is 62.5 Å². The standard InChI is InChI=1S/C23H21BrN2O6S/c1-13-4-6-17(8-14(13)2)25-20(27)11-26-22(29)19(33-23(26)30)10-15-9-16(24)5-7-18(15)32-12-21(28)31-3/h4-10H,11-12H2,1-3H3,(H,25,27)/b19-10+. The number of halogens is 1. The predicted octanol–water partition coefficient (Wildman–Crippen LogP) is 4.29. The SMILES string of the molecule is COC(=O)COc1ccc(Br)cc1/C=C1/SC(=O)N(CC(=O)Nc2ccc(C)c(C)c2)C1=O. The van der Waals surface area contributed by atoms with Gasteiger partial charge in [-0.15, -0.1) is 0 Å². The minimum absolute atomic E-state index is 0.139. The van der Waals surface area contributed by atoms with Gasteiger partial charge in [-0.3, -0.25) is 19.3 Å². The predicted molar refractivity (Wildman–Crippen MR) is 129 cm³/mol. The highest BCUT2D eigenvalue weighted by atomic mass is 79.9. The molecule has 0 unspecified atom stereocenters. The lowest BCUT2D eigenvalue weighted by Gasteiger charge is -2.13. The summed E-state index contributed by atoms with van der Waals surface area (Å²) < 4.78 is 10.8. The van der Waals surface area contributed by atoms with E-state index in [0.717, 1.165) is 27.8 Å². The van der Waals surface area contributed by atoms with Crippen LogP contribution in [0.2, 0.25) is 0 Å². The Hall–Kier alpha value is -3.11. The minimum atomic E-state index is -0.584. The van der Waals surface area contributed by atoms with Gasteiger partial charge in [0.25, 0.3) is 11.1 Å². The van der Waals surface area contributed by atoms with E-state index in [1.165, 1.54) is 13.2 Å². The second-order valence-electron chi connectivity index (χ2n) is 7.16. The number of imide groups is 1. The molecule has 1 saturated heterocycles. The fraction of sp³-hybridized carbons (Fsp3) is 0.217. The first-order valence-corrected chi connectivity index (χ1v) is 11.4. The number of rotatable bonds is 7. The summed E-state index contributed by atoms with van der Waals surface area (Å²) in [7, 11) is 1.25. The van der Waals surface area contributed by atoms with Crippen LogP contribution in [0.1, 0.15) is 16.7 Å². The minimum Gasteiger partial charge on any atom is -0.481 e. The zero-order valence-corrected chi connectivity index (χ0v) is 20.5. The molecule has 0 spiro atoms. The molecule has 0 radical (unpaired) electrons. The lowest BCUT2D eigenvalue weighted by Crippen LogP contribution is -2.36. The van der Waals surface area contributed by atoms with Gasteiger partial charge in [0.1, 0.15) is 12.3 Å². The molecule has 1 fully saturated rings. The maximum atomic E-state index is 12.8. The zero-order valence-electron chi connectivity index (χ0n) is 18.1. The van der Waals surface area contributed by atoms with Gasteiger partial charge in [0.05, 0.1) is 12.0 Å². The van der Waals surface area contributed by atoms with Gasteiger partial charge in [0.15, 0.2) is 6.61 Å². The van der Waals surface area contributed by atoms with Crippen LogP contribution < -0.4 is 10.1 Å². The second-order valence-corrected chi connectivity index (χ2v) is 9.07. The zero-order chi connectivity index (χ0) is 24.1. The van der Waals surface area contributed by atoms with E-state index in [9.17, 15) is 19.2 Å². The molecular weight excluding hydrogens is 512 g/mol. The highest BCUT2D eigenvalue weighted by molar-refractivity contribution is 9.10. The Labute approximate surface area is 203 Å². The summed E-state index contributed by atoms with van der Waals surface area (Å²) in [4.78, 5) is 50.1. The van der Waals surface area contributed by atoms with Crippen molar-refractivity contribution in [1.82, 2.24) is 4.90 Å². The second kappa shape index (κ2) is 10.7. The molecule has 1 aliphatic rings. The van der Waals surface area contributed by atoms with Crippen molar-refractivity contribution in [2.24, 2.45) is 0 Å². The Morgan fingerprint density at radius 1 is 1.12 bits per heavy atom. The van der Waals surface area contributed by atoms with E-state index in [1.807, 2.05) is 26.0 Å². The fourth-order valence-electron chi connectivity index (χ4n) is 2.90. The van der Waals surface area contributed by atoms with Crippen molar-refractivity contribution < 1.29 is 28.7 Å². The molecule has 0 saturated carbocycles. The number of hydrogen-bond donors (Lipinski definition) is 1. The first-order valence-electron chi connectivity index (χ1n) is 9.79. The topological polar surface area (TPSA) is 102 Å². The van der Waals surface area contributed by atoms with Crippen molar-refractivity contribution in [3.63, 3.8) is 0 Å². The van der Waals surface area contributed by atoms with Crippen LogP contribution in [0, 0.1) is 13.8 Å². The van der Waals surface area contributed by atoms with Gasteiger partial charge in [-0.2, -0.15) is 0 Å². The number of thioether (sulfide) groups is 1. The molecule has 1 N–H and O–H groups in total. The number of amides is 3. The van der Waals surface area contributed by atoms with Gasteiger partial charge >= 0.3 is 5.97 Å². The molecule has 0 bridgehead atoms. The number of benzene rings is 2. The normalized spacial score (nSPS) is 14.5. The number of hydrogen-bond acceptors (Lipinski definition) is 7. The van der Waals surface area contributed by atoms with Crippen molar-refractivity contribution in [2.75, 3.05) is 25.6 Å². The smallest absolute Gasteiger partial charge is 0.343 e. The molecule has 3 amide bonds. The van der Waals surface area contributed by atoms with E-state index in [1.54, 1.807) is 24.3 Å². The lowest BCUT2D eigenvalue weighted by atomic mass is 10.1. The maximum Gasteiger partial charge on any atom is 0.343 e. The molecule has 10 heteroatoms. The molecule has 172 valence electrons. The highest BCUT2D eigenvalue weighted by Gasteiger charge is 2.36. The molecular formula is C23H21BrN2O6S. The van der Waals surface area contributed by atoms with Crippen LogP contribution in [0.15, 0.2) is 45.8 Å². The first kappa shape index (κ1) is 24.5. The summed E-state index contributed by atoms with van der Waals surface area (Å²) >= 11 is 4.08. The molecule has 8 nitrogen and oxygen atoms in total. The molecule has 3 rings (SSSR count). The van der Waals surface area contributed by atoms with Gasteiger partial charge in [-0.25, -0.2) is 4.79 Å². The van der Waals surface area contributed by atoms with Crippen LogP contribution in [-0.4, -0.2) is 48.2 Å². The number of carbonyl (C=O) groups excluding carboxylic acids is 4. The monoisotopic (exact) mass is 532 g/mol. The van der Waals surface area contributed by atoms with Gasteiger partial charge in [0.2, 0.25) is 5.91 Å². The summed E-state index contributed by atoms with van der Waals surface area (Å²) in [5.41, 5.74) is 3.18. The Kier molecular flexibility index (Phi) is 7.93. The molecule has 1 aliphatic heterocycles. The van der Waals surface area contributed by atoms with E-state index in [2.05, 4.69) is 26.0 Å². The van der Waals surface area contributed by atoms with Crippen molar-refractivity contribution in [1.29, 1.82) is 0 Å². The number of carbonyl (C=O) groups is 4. The number of nitrogens with zero attached hydrogens (tertiary/aromatic N) is 1. The fourth-order valence-corrected chi connectivity index (χ4v) is 4.11. The first-order chi connectivity index (χ1) is 15.7. The van der Waals surface area contributed by atoms with Crippen LogP contribution >= 0.6 is 27.7 Å². The van der Waals surface area contributed by atoms with Gasteiger partial charge in [0, 0.05) is 15.7 Å². The molecule has 2 aromatic carbocycles. The van der Waals surface area contributed by atoms with Crippen molar-refractivity contribution in [3.8, 4) is 5.75 Å². The summed E-state index contributed by atoms with van der Waals surface area (Å²) in [6.45, 7) is 3.18. The number of anilines is 1. The third-order valence-electron chi connectivity index (χ3n) is 4.80. The molecule has 2 aromatic rings. The lowest BCUT2D eigenvalue weighted by molar-refractivity contribution is -0.142. The largest absolute Gasteiger partial charge is 0.481 e. The summed E-state index contributed by atoms with van der Waals surface area (Å²) in [6.07, 6.45) is 1.49. The van der Waals surface area contributed by atoms with Crippen molar-refractivity contribution >= 4 is 62.5 Å². The van der Waals surface area contributed by atoms with Crippen LogP contribution in [0.4, 0.5) is 10.5 Å². The van der Waals surface area contributed by atoms with E-state index in [4.69, 9.17) is 4.74 Å². The van der Waals surface area contributed by atoms with E-state index >= 15 is 0 Å². The quantitative estimate of drug-likeness (QED) is 0.419. The summed E-state index contributed by atoms with van der Waals surface area (Å²) in [5.74, 6) is -1.28. The van der Waals surface area contributed by atoms with Crippen LogP contribution in [-0.2, 0) is 19.1 Å². The molecule has 0 atom stereocenters. The molecule has 0 aliphatic carbocycles. The Morgan fingerprint density at radius 3 is 2.58 bits per heavy atom. The van der Waals surface area contributed by atoms with E-state index < -0.39 is 29.6 Å². The molecule has 33 heavy (non-hydrogen) atoms. The number of ether oxygens (including phenoxy) is 2. The third kappa shape index (κ3) is 6.23. The van der Waals surface area contributed by atoms with Gasteiger partial charge < -0.3 is 14.8 Å². The molecule has 1 heterocycles. The third-order valence-corrected chi connectivity index (χ3v) is 6.20. The van der Waals surface area contributed by atoms with E-state index in [0.29, 0.717) is 21.5 Å². The Morgan fingerprint density at radius 2 is 1.88 bits per heavy atom. The van der Waals surface area contributed by atoms with Crippen LogP contribution in [0.5, 0.6) is 5.75 Å². The number of esters is 1. The Balaban J connectivity index is 1.74.